The highest BCUT2D eigenvalue weighted by Gasteiger charge is 2.32. The molecule has 2 aromatic rings. The number of aryl methyl sites for hydroxylation is 1. The molecule has 1 unspecified atom stereocenters. The van der Waals surface area contributed by atoms with Crippen molar-refractivity contribution in [2.24, 2.45) is 0 Å². The summed E-state index contributed by atoms with van der Waals surface area (Å²) in [5.41, 5.74) is 3.59. The molecule has 0 radical (unpaired) electrons. The molecule has 2 saturated heterocycles. The third-order valence-corrected chi connectivity index (χ3v) is 8.40. The Morgan fingerprint density at radius 2 is 2.06 bits per heavy atom. The van der Waals surface area contributed by atoms with Crippen LogP contribution in [0.2, 0.25) is 5.02 Å². The van der Waals surface area contributed by atoms with Crippen LogP contribution >= 0.6 is 11.6 Å². The first-order valence-corrected chi connectivity index (χ1v) is 12.9. The van der Waals surface area contributed by atoms with Crippen LogP contribution in [0.1, 0.15) is 52.6 Å². The van der Waals surface area contributed by atoms with E-state index in [1.165, 1.54) is 0 Å². The number of carbonyl (C=O) groups excluding carboxylic acids is 2. The zero-order valence-corrected chi connectivity index (χ0v) is 20.0. The van der Waals surface area contributed by atoms with Crippen LogP contribution in [0.15, 0.2) is 18.2 Å². The van der Waals surface area contributed by atoms with Crippen molar-refractivity contribution in [3.63, 3.8) is 0 Å². The van der Waals surface area contributed by atoms with Gasteiger partial charge in [-0.1, -0.05) is 11.6 Å². The first-order valence-electron chi connectivity index (χ1n) is 10.7. The summed E-state index contributed by atoms with van der Waals surface area (Å²) < 4.78 is 25.6. The maximum absolute atomic E-state index is 13.2. The largest absolute Gasteiger partial charge is 0.337 e. The fraction of sp³-hybridized carbons (Fsp3) is 0.500. The van der Waals surface area contributed by atoms with Crippen molar-refractivity contribution in [2.75, 3.05) is 30.0 Å². The van der Waals surface area contributed by atoms with Gasteiger partial charge < -0.3 is 9.80 Å². The molecular weight excluding hydrogens is 452 g/mol. The van der Waals surface area contributed by atoms with E-state index >= 15 is 0 Å². The summed E-state index contributed by atoms with van der Waals surface area (Å²) in [7, 11) is -1.30. The van der Waals surface area contributed by atoms with Crippen LogP contribution in [-0.2, 0) is 21.2 Å². The lowest BCUT2D eigenvalue weighted by Gasteiger charge is -2.21. The standard InChI is InChI=1S/C22H27ClN4O4S/c1-14-18(15(2)27(24-14)17-8-10-32(30,31)13-17)12-25(3)22(29)16-6-7-19(23)20(11-16)26-9-4-5-21(26)28/h6-7,11,17H,4-5,8-10,12-13H2,1-3H3. The topological polar surface area (TPSA) is 92.6 Å². The van der Waals surface area contributed by atoms with Crippen LogP contribution in [0.4, 0.5) is 5.69 Å². The number of hydrogen-bond acceptors (Lipinski definition) is 5. The molecule has 1 aromatic heterocycles. The minimum atomic E-state index is -3.02. The minimum absolute atomic E-state index is 0.0115. The number of rotatable bonds is 5. The first-order chi connectivity index (χ1) is 15.1. The lowest BCUT2D eigenvalue weighted by molar-refractivity contribution is -0.117. The summed E-state index contributed by atoms with van der Waals surface area (Å²) in [5.74, 6) is 0.107. The predicted octanol–water partition coefficient (Wildman–Crippen LogP) is 2.91. The van der Waals surface area contributed by atoms with Crippen LogP contribution in [0.5, 0.6) is 0 Å². The Labute approximate surface area is 193 Å². The Morgan fingerprint density at radius 1 is 1.31 bits per heavy atom. The second-order valence-electron chi connectivity index (χ2n) is 8.63. The predicted molar refractivity (Wildman–Crippen MR) is 123 cm³/mol. The molecule has 2 aliphatic rings. The van der Waals surface area contributed by atoms with Gasteiger partial charge in [0, 0.05) is 43.4 Å². The molecule has 172 valence electrons. The molecule has 1 aromatic carbocycles. The summed E-state index contributed by atoms with van der Waals surface area (Å²) in [5, 5.41) is 5.03. The van der Waals surface area contributed by atoms with Crippen LogP contribution < -0.4 is 4.90 Å². The summed E-state index contributed by atoms with van der Waals surface area (Å²) in [6, 6.07) is 4.83. The molecule has 8 nitrogen and oxygen atoms in total. The Bertz CT molecular complexity index is 1190. The summed E-state index contributed by atoms with van der Waals surface area (Å²) in [4.78, 5) is 28.5. The molecule has 0 aliphatic carbocycles. The lowest BCUT2D eigenvalue weighted by Crippen LogP contribution is -2.28. The van der Waals surface area contributed by atoms with E-state index in [-0.39, 0.29) is 29.4 Å². The Morgan fingerprint density at radius 3 is 2.69 bits per heavy atom. The molecule has 3 heterocycles. The number of sulfone groups is 1. The number of hydrogen-bond donors (Lipinski definition) is 0. The molecule has 32 heavy (non-hydrogen) atoms. The molecule has 4 rings (SSSR count). The fourth-order valence-electron chi connectivity index (χ4n) is 4.53. The summed E-state index contributed by atoms with van der Waals surface area (Å²) in [6.07, 6.45) is 1.82. The van der Waals surface area contributed by atoms with Gasteiger partial charge in [0.1, 0.15) is 0 Å². The molecular formula is C22H27ClN4O4S. The molecule has 10 heteroatoms. The maximum atomic E-state index is 13.2. The number of halogens is 1. The summed E-state index contributed by atoms with van der Waals surface area (Å²) in [6.45, 7) is 4.73. The van der Waals surface area contributed by atoms with Crippen LogP contribution in [0, 0.1) is 13.8 Å². The van der Waals surface area contributed by atoms with Crippen molar-refractivity contribution in [1.82, 2.24) is 14.7 Å². The highest BCUT2D eigenvalue weighted by atomic mass is 35.5. The van der Waals surface area contributed by atoms with Gasteiger partial charge in [0.25, 0.3) is 5.91 Å². The van der Waals surface area contributed by atoms with Crippen molar-refractivity contribution in [1.29, 1.82) is 0 Å². The molecule has 0 bridgehead atoms. The van der Waals surface area contributed by atoms with Gasteiger partial charge in [-0.05, 0) is 44.9 Å². The number of nitrogens with zero attached hydrogens (tertiary/aromatic N) is 4. The van der Waals surface area contributed by atoms with Crippen molar-refractivity contribution in [3.8, 4) is 0 Å². The second-order valence-corrected chi connectivity index (χ2v) is 11.3. The number of anilines is 1. The zero-order valence-electron chi connectivity index (χ0n) is 18.5. The highest BCUT2D eigenvalue weighted by molar-refractivity contribution is 7.91. The van der Waals surface area contributed by atoms with Gasteiger partial charge in [-0.25, -0.2) is 8.42 Å². The van der Waals surface area contributed by atoms with Gasteiger partial charge in [-0.2, -0.15) is 5.10 Å². The van der Waals surface area contributed by atoms with Crippen molar-refractivity contribution < 1.29 is 18.0 Å². The van der Waals surface area contributed by atoms with Crippen molar-refractivity contribution in [3.05, 3.63) is 45.7 Å². The van der Waals surface area contributed by atoms with Gasteiger partial charge in [0.15, 0.2) is 9.84 Å². The van der Waals surface area contributed by atoms with E-state index in [9.17, 15) is 18.0 Å². The smallest absolute Gasteiger partial charge is 0.253 e. The quantitative estimate of drug-likeness (QED) is 0.658. The number of carbonyl (C=O) groups is 2. The molecule has 0 spiro atoms. The van der Waals surface area contributed by atoms with Crippen LogP contribution in [0.25, 0.3) is 0 Å². The highest BCUT2D eigenvalue weighted by Crippen LogP contribution is 2.31. The Hall–Kier alpha value is -2.39. The number of aromatic nitrogens is 2. The van der Waals surface area contributed by atoms with Gasteiger partial charge in [0.05, 0.1) is 34.0 Å². The molecule has 2 fully saturated rings. The van der Waals surface area contributed by atoms with Gasteiger partial charge in [-0.3, -0.25) is 14.3 Å². The van der Waals surface area contributed by atoms with Crippen LogP contribution in [0.3, 0.4) is 0 Å². The molecule has 2 aliphatic heterocycles. The molecule has 0 saturated carbocycles. The minimum Gasteiger partial charge on any atom is -0.337 e. The van der Waals surface area contributed by atoms with Crippen LogP contribution in [-0.4, -0.2) is 60.0 Å². The van der Waals surface area contributed by atoms with E-state index in [2.05, 4.69) is 5.10 Å². The Balaban J connectivity index is 1.54. The Kier molecular flexibility index (Phi) is 6.06. The lowest BCUT2D eigenvalue weighted by atomic mass is 10.1. The van der Waals surface area contributed by atoms with E-state index in [4.69, 9.17) is 11.6 Å². The maximum Gasteiger partial charge on any atom is 0.253 e. The van der Waals surface area contributed by atoms with E-state index in [1.807, 2.05) is 13.8 Å². The normalized spacial score (nSPS) is 20.2. The second kappa shape index (κ2) is 8.51. The van der Waals surface area contributed by atoms with E-state index in [0.29, 0.717) is 42.2 Å². The fourth-order valence-corrected chi connectivity index (χ4v) is 6.45. The third-order valence-electron chi connectivity index (χ3n) is 6.33. The molecule has 0 N–H and O–H groups in total. The molecule has 1 atom stereocenters. The van der Waals surface area contributed by atoms with Gasteiger partial charge in [0.2, 0.25) is 5.91 Å². The van der Waals surface area contributed by atoms with E-state index in [0.717, 1.165) is 23.4 Å². The monoisotopic (exact) mass is 478 g/mol. The molecule has 2 amide bonds. The number of benzene rings is 1. The average molecular weight is 479 g/mol. The van der Waals surface area contributed by atoms with Gasteiger partial charge >= 0.3 is 0 Å². The zero-order chi connectivity index (χ0) is 23.2. The first kappa shape index (κ1) is 22.8. The SMILES string of the molecule is Cc1nn(C2CCS(=O)(=O)C2)c(C)c1CN(C)C(=O)c1ccc(Cl)c(N2CCCC2=O)c1. The van der Waals surface area contributed by atoms with Crippen molar-refractivity contribution >= 4 is 38.9 Å². The van der Waals surface area contributed by atoms with E-state index in [1.54, 1.807) is 39.7 Å². The van der Waals surface area contributed by atoms with Crippen molar-refractivity contribution in [2.45, 2.75) is 45.7 Å². The van der Waals surface area contributed by atoms with E-state index < -0.39 is 9.84 Å². The average Bonchev–Trinajstić information content (AvgIpc) is 3.40. The van der Waals surface area contributed by atoms with Gasteiger partial charge in [-0.15, -0.1) is 0 Å². The summed E-state index contributed by atoms with van der Waals surface area (Å²) >= 11 is 6.31. The third kappa shape index (κ3) is 4.28. The number of amides is 2.